The number of hydrogen-bond donors (Lipinski definition) is 2. The van der Waals surface area contributed by atoms with Gasteiger partial charge in [0.05, 0.1) is 34.9 Å². The fourth-order valence-corrected chi connectivity index (χ4v) is 2.74. The third-order valence-corrected chi connectivity index (χ3v) is 4.37. The van der Waals surface area contributed by atoms with Crippen LogP contribution in [0.3, 0.4) is 0 Å². The number of nitriles is 1. The van der Waals surface area contributed by atoms with Crippen molar-refractivity contribution in [1.82, 2.24) is 25.1 Å². The van der Waals surface area contributed by atoms with Crippen molar-refractivity contribution in [2.75, 3.05) is 5.32 Å². The Bertz CT molecular complexity index is 1050. The Kier molecular flexibility index (Phi) is 6.10. The lowest BCUT2D eigenvalue weighted by Crippen LogP contribution is -2.31. The Balaban J connectivity index is 1.80. The largest absolute Gasteiger partial charge is 0.337 e. The van der Waals surface area contributed by atoms with Gasteiger partial charge in [0.25, 0.3) is 5.91 Å². The van der Waals surface area contributed by atoms with E-state index < -0.39 is 6.04 Å². The molecule has 3 aromatic rings. The molecule has 0 aliphatic carbocycles. The van der Waals surface area contributed by atoms with E-state index in [1.54, 1.807) is 37.4 Å². The average Bonchev–Trinajstić information content (AvgIpc) is 3.18. The van der Waals surface area contributed by atoms with Crippen molar-refractivity contribution >= 4 is 29.1 Å². The number of hydrogen-bond acceptors (Lipinski definition) is 6. The number of amides is 1. The van der Waals surface area contributed by atoms with Gasteiger partial charge in [0.1, 0.15) is 6.04 Å². The lowest BCUT2D eigenvalue weighted by atomic mass is 10.1. The van der Waals surface area contributed by atoms with Crippen LogP contribution < -0.4 is 10.6 Å². The summed E-state index contributed by atoms with van der Waals surface area (Å²) >= 11 is 6.28. The van der Waals surface area contributed by atoms with Crippen molar-refractivity contribution in [2.24, 2.45) is 0 Å². The molecular formula is C20H20ClN7O. The van der Waals surface area contributed by atoms with Crippen LogP contribution in [0.15, 0.2) is 42.9 Å². The molecule has 0 unspecified atom stereocenters. The van der Waals surface area contributed by atoms with Gasteiger partial charge in [-0.3, -0.25) is 9.48 Å². The second-order valence-corrected chi connectivity index (χ2v) is 7.13. The lowest BCUT2D eigenvalue weighted by Gasteiger charge is -2.09. The molecule has 2 aromatic heterocycles. The third kappa shape index (κ3) is 4.89. The molecule has 0 fully saturated rings. The molecule has 0 aliphatic rings. The second-order valence-electron chi connectivity index (χ2n) is 6.72. The van der Waals surface area contributed by atoms with Crippen molar-refractivity contribution in [1.29, 1.82) is 5.26 Å². The molecule has 3 rings (SSSR count). The van der Waals surface area contributed by atoms with E-state index in [0.717, 1.165) is 11.3 Å². The molecule has 1 amide bonds. The van der Waals surface area contributed by atoms with E-state index in [-0.39, 0.29) is 11.9 Å². The first-order chi connectivity index (χ1) is 13.9. The molecule has 0 radical (unpaired) electrons. The average molecular weight is 410 g/mol. The quantitative estimate of drug-likeness (QED) is 0.637. The highest BCUT2D eigenvalue weighted by atomic mass is 35.5. The van der Waals surface area contributed by atoms with Gasteiger partial charge in [-0.25, -0.2) is 9.97 Å². The molecule has 0 aliphatic heterocycles. The first-order valence-electron chi connectivity index (χ1n) is 9.02. The zero-order valence-corrected chi connectivity index (χ0v) is 17.0. The molecule has 2 N–H and O–H groups in total. The fraction of sp³-hybridized carbons (Fsp3) is 0.250. The summed E-state index contributed by atoms with van der Waals surface area (Å²) in [5.74, 6) is 0.0706. The van der Waals surface area contributed by atoms with Gasteiger partial charge in [-0.05, 0) is 32.9 Å². The summed E-state index contributed by atoms with van der Waals surface area (Å²) in [7, 11) is 0. The number of anilines is 2. The van der Waals surface area contributed by atoms with Gasteiger partial charge in [0, 0.05) is 23.4 Å². The van der Waals surface area contributed by atoms with Crippen LogP contribution in [0.1, 0.15) is 37.2 Å². The van der Waals surface area contributed by atoms with E-state index in [4.69, 9.17) is 16.9 Å². The van der Waals surface area contributed by atoms with Crippen molar-refractivity contribution < 1.29 is 4.79 Å². The minimum Gasteiger partial charge on any atom is -0.337 e. The number of aromatic nitrogens is 4. The molecule has 1 atom stereocenters. The maximum absolute atomic E-state index is 12.1. The first kappa shape index (κ1) is 20.3. The Labute approximate surface area is 173 Å². The summed E-state index contributed by atoms with van der Waals surface area (Å²) in [6, 6.07) is 8.47. The van der Waals surface area contributed by atoms with E-state index in [2.05, 4.69) is 25.7 Å². The number of halogens is 1. The van der Waals surface area contributed by atoms with Crippen LogP contribution in [-0.2, 0) is 0 Å². The van der Waals surface area contributed by atoms with Gasteiger partial charge in [-0.15, -0.1) is 0 Å². The summed E-state index contributed by atoms with van der Waals surface area (Å²) in [5, 5.41) is 19.2. The maximum atomic E-state index is 12.1. The van der Waals surface area contributed by atoms with Crippen LogP contribution in [0.5, 0.6) is 0 Å². The molecule has 8 nitrogen and oxygen atoms in total. The standard InChI is InChI=1S/C20H20ClN7O/c1-12(2)28-11-16(9-24-28)26-20-23-10-17(21)18(27-20)14-4-6-15(7-5-14)19(29)25-13(3)8-22/h4-7,9-13H,1-3H3,(H,25,29)(H,23,26,27)/t13-/m0/s1. The third-order valence-electron chi connectivity index (χ3n) is 4.09. The van der Waals surface area contributed by atoms with E-state index in [1.807, 2.05) is 30.8 Å². The lowest BCUT2D eigenvalue weighted by molar-refractivity contribution is 0.0948. The van der Waals surface area contributed by atoms with Crippen LogP contribution in [0.25, 0.3) is 11.3 Å². The predicted octanol–water partition coefficient (Wildman–Crippen LogP) is 3.96. The van der Waals surface area contributed by atoms with Gasteiger partial charge < -0.3 is 10.6 Å². The van der Waals surface area contributed by atoms with Crippen LogP contribution in [0, 0.1) is 11.3 Å². The Hall–Kier alpha value is -3.44. The maximum Gasteiger partial charge on any atom is 0.252 e. The van der Waals surface area contributed by atoms with Crippen molar-refractivity contribution in [3.05, 3.63) is 53.4 Å². The SMILES string of the molecule is CC(C)n1cc(Nc2ncc(Cl)c(-c3ccc(C(=O)N[C@@H](C)C#N)cc3)n2)cn1. The zero-order chi connectivity index (χ0) is 21.0. The van der Waals surface area contributed by atoms with Crippen LogP contribution in [0.2, 0.25) is 5.02 Å². The van der Waals surface area contributed by atoms with E-state index in [9.17, 15) is 4.79 Å². The smallest absolute Gasteiger partial charge is 0.252 e. The van der Waals surface area contributed by atoms with Gasteiger partial charge in [0.15, 0.2) is 0 Å². The summed E-state index contributed by atoms with van der Waals surface area (Å²) in [6.07, 6.45) is 5.10. The molecule has 9 heteroatoms. The molecule has 0 saturated heterocycles. The predicted molar refractivity (Wildman–Crippen MR) is 111 cm³/mol. The topological polar surface area (TPSA) is 109 Å². The summed E-state index contributed by atoms with van der Waals surface area (Å²) in [4.78, 5) is 20.8. The zero-order valence-electron chi connectivity index (χ0n) is 16.2. The Morgan fingerprint density at radius 3 is 2.55 bits per heavy atom. The van der Waals surface area contributed by atoms with E-state index in [1.165, 1.54) is 6.20 Å². The number of rotatable bonds is 6. The van der Waals surface area contributed by atoms with Crippen molar-refractivity contribution in [3.63, 3.8) is 0 Å². The molecule has 29 heavy (non-hydrogen) atoms. The molecule has 0 saturated carbocycles. The fourth-order valence-electron chi connectivity index (χ4n) is 2.54. The van der Waals surface area contributed by atoms with Crippen LogP contribution in [0.4, 0.5) is 11.6 Å². The second kappa shape index (κ2) is 8.71. The normalized spacial score (nSPS) is 11.7. The molecule has 0 spiro atoms. The minimum absolute atomic E-state index is 0.249. The van der Waals surface area contributed by atoms with Gasteiger partial charge in [-0.2, -0.15) is 10.4 Å². The van der Waals surface area contributed by atoms with Crippen LogP contribution in [-0.4, -0.2) is 31.7 Å². The van der Waals surface area contributed by atoms with Gasteiger partial charge in [-0.1, -0.05) is 23.7 Å². The highest BCUT2D eigenvalue weighted by Crippen LogP contribution is 2.27. The monoisotopic (exact) mass is 409 g/mol. The van der Waals surface area contributed by atoms with E-state index in [0.29, 0.717) is 22.2 Å². The first-order valence-corrected chi connectivity index (χ1v) is 9.40. The minimum atomic E-state index is -0.563. The molecule has 2 heterocycles. The van der Waals surface area contributed by atoms with Crippen LogP contribution >= 0.6 is 11.6 Å². The summed E-state index contributed by atoms with van der Waals surface area (Å²) < 4.78 is 1.83. The number of benzene rings is 1. The molecule has 0 bridgehead atoms. The Morgan fingerprint density at radius 1 is 1.21 bits per heavy atom. The summed E-state index contributed by atoms with van der Waals surface area (Å²) in [5.41, 5.74) is 2.49. The van der Waals surface area contributed by atoms with Crippen molar-refractivity contribution in [3.8, 4) is 17.3 Å². The van der Waals surface area contributed by atoms with Gasteiger partial charge in [0.2, 0.25) is 5.95 Å². The number of carbonyl (C=O) groups is 1. The molecular weight excluding hydrogens is 390 g/mol. The number of carbonyl (C=O) groups excluding carboxylic acids is 1. The molecule has 1 aromatic carbocycles. The Morgan fingerprint density at radius 2 is 1.93 bits per heavy atom. The van der Waals surface area contributed by atoms with E-state index >= 15 is 0 Å². The highest BCUT2D eigenvalue weighted by molar-refractivity contribution is 6.32. The molecule has 148 valence electrons. The number of nitrogens with zero attached hydrogens (tertiary/aromatic N) is 5. The van der Waals surface area contributed by atoms with Crippen molar-refractivity contribution in [2.45, 2.75) is 32.9 Å². The number of nitrogens with one attached hydrogen (secondary N) is 2. The highest BCUT2D eigenvalue weighted by Gasteiger charge is 2.12. The van der Waals surface area contributed by atoms with Gasteiger partial charge >= 0.3 is 0 Å². The summed E-state index contributed by atoms with van der Waals surface area (Å²) in [6.45, 7) is 5.70.